The molecule has 0 spiro atoms. The van der Waals surface area contributed by atoms with Gasteiger partial charge in [-0.15, -0.1) is 6.58 Å². The van der Waals surface area contributed by atoms with E-state index in [0.29, 0.717) is 13.2 Å². The third-order valence-corrected chi connectivity index (χ3v) is 1.68. The molecule has 0 aliphatic heterocycles. The van der Waals surface area contributed by atoms with Crippen LogP contribution < -0.4 is 5.84 Å². The normalized spacial score (nSPS) is 10.6. The minimum atomic E-state index is 0.565. The summed E-state index contributed by atoms with van der Waals surface area (Å²) in [5.74, 6) is 5.06. The Morgan fingerprint density at radius 3 is 3.07 bits per heavy atom. The molecule has 0 bridgehead atoms. The zero-order valence-electron chi connectivity index (χ0n) is 8.02. The van der Waals surface area contributed by atoms with Crippen LogP contribution in [-0.4, -0.2) is 12.8 Å². The summed E-state index contributed by atoms with van der Waals surface area (Å²) in [7, 11) is 0. The van der Waals surface area contributed by atoms with Crippen molar-refractivity contribution in [3.8, 4) is 0 Å². The van der Waals surface area contributed by atoms with Crippen molar-refractivity contribution in [3.63, 3.8) is 0 Å². The first kappa shape index (κ1) is 10.5. The zero-order chi connectivity index (χ0) is 10.2. The van der Waals surface area contributed by atoms with Gasteiger partial charge in [0.25, 0.3) is 0 Å². The van der Waals surface area contributed by atoms with E-state index in [1.807, 2.05) is 24.3 Å². The molecule has 1 rings (SSSR count). The van der Waals surface area contributed by atoms with E-state index < -0.39 is 0 Å². The van der Waals surface area contributed by atoms with E-state index in [2.05, 4.69) is 11.7 Å². The Bertz CT molecular complexity index is 321. The Balaban J connectivity index is 2.58. The number of benzene rings is 1. The molecule has 0 aliphatic carbocycles. The maximum Gasteiger partial charge on any atom is 0.0721 e. The van der Waals surface area contributed by atoms with Crippen LogP contribution >= 0.6 is 0 Å². The lowest BCUT2D eigenvalue weighted by Gasteiger charge is -2.02. The molecule has 0 unspecified atom stereocenters. The zero-order valence-corrected chi connectivity index (χ0v) is 8.02. The number of ether oxygens (including phenoxy) is 1. The predicted octanol–water partition coefficient (Wildman–Crippen LogP) is 1.68. The van der Waals surface area contributed by atoms with Crippen LogP contribution in [0.4, 0.5) is 0 Å². The monoisotopic (exact) mass is 190 g/mol. The van der Waals surface area contributed by atoms with E-state index in [4.69, 9.17) is 10.6 Å². The molecule has 3 nitrogen and oxygen atoms in total. The highest BCUT2D eigenvalue weighted by Gasteiger charge is 1.93. The number of nitrogens with zero attached hydrogens (tertiary/aromatic N) is 1. The molecule has 14 heavy (non-hydrogen) atoms. The lowest BCUT2D eigenvalue weighted by Crippen LogP contribution is -1.94. The summed E-state index contributed by atoms with van der Waals surface area (Å²) in [5.41, 5.74) is 2.08. The van der Waals surface area contributed by atoms with Crippen LogP contribution in [0.3, 0.4) is 0 Å². The van der Waals surface area contributed by atoms with E-state index in [0.717, 1.165) is 11.1 Å². The molecule has 0 amide bonds. The van der Waals surface area contributed by atoms with Crippen LogP contribution in [0.1, 0.15) is 11.1 Å². The second kappa shape index (κ2) is 5.94. The topological polar surface area (TPSA) is 47.6 Å². The number of hydrazone groups is 1. The highest BCUT2D eigenvalue weighted by atomic mass is 16.5. The van der Waals surface area contributed by atoms with Crippen molar-refractivity contribution in [2.75, 3.05) is 6.61 Å². The van der Waals surface area contributed by atoms with Crippen molar-refractivity contribution < 1.29 is 4.74 Å². The number of hydrogen-bond acceptors (Lipinski definition) is 3. The standard InChI is InChI=1S/C11H14N2O/c1-2-6-14-9-11-5-3-4-10(7-11)8-13-12/h2-5,7-8H,1,6,9,12H2. The highest BCUT2D eigenvalue weighted by Crippen LogP contribution is 2.04. The van der Waals surface area contributed by atoms with Crippen LogP contribution in [-0.2, 0) is 11.3 Å². The number of hydrogen-bond donors (Lipinski definition) is 1. The second-order valence-corrected chi connectivity index (χ2v) is 2.83. The summed E-state index contributed by atoms with van der Waals surface area (Å²) < 4.78 is 5.31. The summed E-state index contributed by atoms with van der Waals surface area (Å²) in [6, 6.07) is 7.87. The Morgan fingerprint density at radius 2 is 2.36 bits per heavy atom. The molecule has 0 saturated carbocycles. The molecule has 1 aromatic carbocycles. The van der Waals surface area contributed by atoms with Gasteiger partial charge >= 0.3 is 0 Å². The summed E-state index contributed by atoms with van der Waals surface area (Å²) in [4.78, 5) is 0. The molecule has 0 atom stereocenters. The molecule has 74 valence electrons. The van der Waals surface area contributed by atoms with E-state index >= 15 is 0 Å². The third-order valence-electron chi connectivity index (χ3n) is 1.68. The summed E-state index contributed by atoms with van der Waals surface area (Å²) >= 11 is 0. The molecular formula is C11H14N2O. The smallest absolute Gasteiger partial charge is 0.0721 e. The van der Waals surface area contributed by atoms with Gasteiger partial charge in [0, 0.05) is 0 Å². The minimum absolute atomic E-state index is 0.565. The van der Waals surface area contributed by atoms with Gasteiger partial charge in [0.2, 0.25) is 0 Å². The van der Waals surface area contributed by atoms with E-state index in [1.165, 1.54) is 0 Å². The summed E-state index contributed by atoms with van der Waals surface area (Å²) in [6.45, 7) is 4.72. The Hall–Kier alpha value is -1.61. The molecule has 0 fully saturated rings. The fourth-order valence-electron chi connectivity index (χ4n) is 1.11. The molecule has 0 aliphatic rings. The number of rotatable bonds is 5. The average molecular weight is 190 g/mol. The molecule has 2 N–H and O–H groups in total. The first-order valence-corrected chi connectivity index (χ1v) is 4.37. The Kier molecular flexibility index (Phi) is 4.44. The third kappa shape index (κ3) is 3.41. The van der Waals surface area contributed by atoms with Gasteiger partial charge in [-0.1, -0.05) is 24.3 Å². The number of nitrogens with two attached hydrogens (primary N) is 1. The van der Waals surface area contributed by atoms with Crippen molar-refractivity contribution in [3.05, 3.63) is 48.0 Å². The largest absolute Gasteiger partial charge is 0.373 e. The molecule has 1 aromatic rings. The molecule has 0 radical (unpaired) electrons. The van der Waals surface area contributed by atoms with Crippen LogP contribution in [0.2, 0.25) is 0 Å². The van der Waals surface area contributed by atoms with Crippen molar-refractivity contribution >= 4 is 6.21 Å². The lowest BCUT2D eigenvalue weighted by atomic mass is 10.1. The van der Waals surface area contributed by atoms with E-state index in [1.54, 1.807) is 12.3 Å². The van der Waals surface area contributed by atoms with Gasteiger partial charge in [-0.05, 0) is 17.2 Å². The second-order valence-electron chi connectivity index (χ2n) is 2.83. The quantitative estimate of drug-likeness (QED) is 0.252. The Morgan fingerprint density at radius 1 is 1.50 bits per heavy atom. The van der Waals surface area contributed by atoms with Crippen molar-refractivity contribution in [1.29, 1.82) is 0 Å². The summed E-state index contributed by atoms with van der Waals surface area (Å²) in [6.07, 6.45) is 3.34. The van der Waals surface area contributed by atoms with Crippen LogP contribution in [0, 0.1) is 0 Å². The SMILES string of the molecule is C=CCOCc1cccc(C=NN)c1. The summed E-state index contributed by atoms with van der Waals surface area (Å²) in [5, 5.41) is 3.46. The predicted molar refractivity (Wildman–Crippen MR) is 58.1 cm³/mol. The molecule has 0 heterocycles. The fourth-order valence-corrected chi connectivity index (χ4v) is 1.11. The first-order chi connectivity index (χ1) is 6.86. The van der Waals surface area contributed by atoms with Gasteiger partial charge in [-0.25, -0.2) is 0 Å². The van der Waals surface area contributed by atoms with Gasteiger partial charge in [0.15, 0.2) is 0 Å². The average Bonchev–Trinajstić information content (AvgIpc) is 2.19. The maximum atomic E-state index is 5.31. The van der Waals surface area contributed by atoms with E-state index in [-0.39, 0.29) is 0 Å². The van der Waals surface area contributed by atoms with Gasteiger partial charge in [-0.3, -0.25) is 0 Å². The van der Waals surface area contributed by atoms with Crippen LogP contribution in [0.15, 0.2) is 42.0 Å². The Labute approximate surface area is 83.9 Å². The molecule has 3 heteroatoms. The van der Waals surface area contributed by atoms with Crippen LogP contribution in [0.25, 0.3) is 0 Å². The fraction of sp³-hybridized carbons (Fsp3) is 0.182. The molecular weight excluding hydrogens is 176 g/mol. The van der Waals surface area contributed by atoms with Crippen molar-refractivity contribution in [1.82, 2.24) is 0 Å². The molecule has 0 saturated heterocycles. The maximum absolute atomic E-state index is 5.31. The van der Waals surface area contributed by atoms with Crippen molar-refractivity contribution in [2.24, 2.45) is 10.9 Å². The van der Waals surface area contributed by atoms with E-state index in [9.17, 15) is 0 Å². The van der Waals surface area contributed by atoms with Crippen molar-refractivity contribution in [2.45, 2.75) is 6.61 Å². The van der Waals surface area contributed by atoms with Gasteiger partial charge in [-0.2, -0.15) is 5.10 Å². The van der Waals surface area contributed by atoms with Gasteiger partial charge in [0.1, 0.15) is 0 Å². The lowest BCUT2D eigenvalue weighted by molar-refractivity contribution is 0.149. The first-order valence-electron chi connectivity index (χ1n) is 4.37. The van der Waals surface area contributed by atoms with Gasteiger partial charge in [0.05, 0.1) is 19.4 Å². The minimum Gasteiger partial charge on any atom is -0.373 e. The highest BCUT2D eigenvalue weighted by molar-refractivity contribution is 5.79. The van der Waals surface area contributed by atoms with Gasteiger partial charge < -0.3 is 10.6 Å². The molecule has 0 aromatic heterocycles. The van der Waals surface area contributed by atoms with Crippen LogP contribution in [0.5, 0.6) is 0 Å².